The highest BCUT2D eigenvalue weighted by Gasteiger charge is 2.27. The van der Waals surface area contributed by atoms with E-state index in [-0.39, 0.29) is 6.10 Å². The molecule has 0 amide bonds. The zero-order valence-corrected chi connectivity index (χ0v) is 10.7. The molecule has 2 atom stereocenters. The van der Waals surface area contributed by atoms with E-state index in [1.807, 2.05) is 0 Å². The molecule has 0 bridgehead atoms. The lowest BCUT2D eigenvalue weighted by atomic mass is 10.1. The minimum absolute atomic E-state index is 0.358. The van der Waals surface area contributed by atoms with Gasteiger partial charge in [-0.15, -0.1) is 0 Å². The summed E-state index contributed by atoms with van der Waals surface area (Å²) < 4.78 is 5.36. The van der Waals surface area contributed by atoms with E-state index >= 15 is 0 Å². The van der Waals surface area contributed by atoms with Gasteiger partial charge in [-0.3, -0.25) is 0 Å². The summed E-state index contributed by atoms with van der Waals surface area (Å²) in [7, 11) is 0. The van der Waals surface area contributed by atoms with Crippen LogP contribution in [0.5, 0.6) is 0 Å². The van der Waals surface area contributed by atoms with Crippen LogP contribution < -0.4 is 5.32 Å². The van der Waals surface area contributed by atoms with Crippen molar-refractivity contribution in [3.8, 4) is 0 Å². The molecule has 1 aliphatic rings. The first-order chi connectivity index (χ1) is 7.74. The molecule has 0 aromatic carbocycles. The molecule has 0 saturated heterocycles. The van der Waals surface area contributed by atoms with Crippen molar-refractivity contribution in [2.24, 2.45) is 11.8 Å². The molecule has 0 aromatic rings. The van der Waals surface area contributed by atoms with Crippen LogP contribution in [-0.2, 0) is 4.74 Å². The van der Waals surface area contributed by atoms with E-state index in [0.717, 1.165) is 37.8 Å². The van der Waals surface area contributed by atoms with E-state index in [2.05, 4.69) is 19.2 Å². The number of unbranched alkanes of at least 4 members (excludes halogenated alkanes) is 1. The Hall–Kier alpha value is -0.120. The predicted molar refractivity (Wildman–Crippen MR) is 66.5 cm³/mol. The van der Waals surface area contributed by atoms with Gasteiger partial charge in [-0.25, -0.2) is 0 Å². The third kappa shape index (κ3) is 6.46. The average Bonchev–Trinajstić information content (AvgIpc) is 3.08. The predicted octanol–water partition coefficient (Wildman–Crippen LogP) is 1.80. The summed E-state index contributed by atoms with van der Waals surface area (Å²) in [5.74, 6) is 1.69. The quantitative estimate of drug-likeness (QED) is 0.561. The Bertz CT molecular complexity index is 171. The maximum Gasteiger partial charge on any atom is 0.0897 e. The van der Waals surface area contributed by atoms with Crippen LogP contribution in [0.2, 0.25) is 0 Å². The normalized spacial score (nSPS) is 19.7. The largest absolute Gasteiger partial charge is 0.389 e. The maximum atomic E-state index is 9.63. The van der Waals surface area contributed by atoms with Gasteiger partial charge in [0.15, 0.2) is 0 Å². The molecule has 3 nitrogen and oxygen atoms in total. The minimum atomic E-state index is -0.358. The van der Waals surface area contributed by atoms with Gasteiger partial charge in [0.25, 0.3) is 0 Å². The molecule has 0 aromatic heterocycles. The van der Waals surface area contributed by atoms with Crippen molar-refractivity contribution in [3.05, 3.63) is 0 Å². The van der Waals surface area contributed by atoms with Crippen LogP contribution in [0.15, 0.2) is 0 Å². The first-order valence-electron chi connectivity index (χ1n) is 6.70. The van der Waals surface area contributed by atoms with Gasteiger partial charge < -0.3 is 15.2 Å². The zero-order valence-electron chi connectivity index (χ0n) is 10.7. The number of aliphatic hydroxyl groups excluding tert-OH is 1. The van der Waals surface area contributed by atoms with Crippen molar-refractivity contribution in [1.82, 2.24) is 5.32 Å². The molecule has 0 heterocycles. The molecule has 3 heteroatoms. The Morgan fingerprint density at radius 3 is 2.75 bits per heavy atom. The van der Waals surface area contributed by atoms with Crippen LogP contribution in [0.25, 0.3) is 0 Å². The van der Waals surface area contributed by atoms with E-state index in [9.17, 15) is 5.11 Å². The standard InChI is InChI=1S/C13H27NO2/c1-3-4-7-16-10-13(15)9-14-8-11(2)12-5-6-12/h11-15H,3-10H2,1-2H3. The fraction of sp³-hybridized carbons (Fsp3) is 1.00. The molecular weight excluding hydrogens is 202 g/mol. The molecule has 0 spiro atoms. The van der Waals surface area contributed by atoms with Crippen molar-refractivity contribution in [2.45, 2.75) is 45.6 Å². The van der Waals surface area contributed by atoms with Crippen LogP contribution in [0, 0.1) is 11.8 Å². The molecule has 96 valence electrons. The fourth-order valence-electron chi connectivity index (χ4n) is 1.83. The highest BCUT2D eigenvalue weighted by molar-refractivity contribution is 4.80. The number of hydrogen-bond donors (Lipinski definition) is 2. The second-order valence-corrected chi connectivity index (χ2v) is 5.06. The van der Waals surface area contributed by atoms with Crippen molar-refractivity contribution in [1.29, 1.82) is 0 Å². The summed E-state index contributed by atoms with van der Waals surface area (Å²) >= 11 is 0. The van der Waals surface area contributed by atoms with Gasteiger partial charge in [0, 0.05) is 13.2 Å². The molecular formula is C13H27NO2. The fourth-order valence-corrected chi connectivity index (χ4v) is 1.83. The Balaban J connectivity index is 1.87. The van der Waals surface area contributed by atoms with E-state index in [1.165, 1.54) is 12.8 Å². The molecule has 1 fully saturated rings. The smallest absolute Gasteiger partial charge is 0.0897 e. The first-order valence-corrected chi connectivity index (χ1v) is 6.70. The molecule has 16 heavy (non-hydrogen) atoms. The van der Waals surface area contributed by atoms with Gasteiger partial charge in [0.2, 0.25) is 0 Å². The van der Waals surface area contributed by atoms with E-state index < -0.39 is 0 Å². The van der Waals surface area contributed by atoms with Crippen molar-refractivity contribution in [2.75, 3.05) is 26.3 Å². The molecule has 1 aliphatic carbocycles. The third-order valence-electron chi connectivity index (χ3n) is 3.23. The lowest BCUT2D eigenvalue weighted by molar-refractivity contribution is 0.0355. The van der Waals surface area contributed by atoms with Gasteiger partial charge in [-0.2, -0.15) is 0 Å². The molecule has 0 aliphatic heterocycles. The molecule has 2 unspecified atom stereocenters. The van der Waals surface area contributed by atoms with E-state index in [1.54, 1.807) is 0 Å². The number of rotatable bonds is 10. The summed E-state index contributed by atoms with van der Waals surface area (Å²) in [5, 5.41) is 12.9. The van der Waals surface area contributed by atoms with Gasteiger partial charge in [-0.05, 0) is 37.6 Å². The summed E-state index contributed by atoms with van der Waals surface area (Å²) in [5.41, 5.74) is 0. The Kier molecular flexibility index (Phi) is 7.01. The monoisotopic (exact) mass is 229 g/mol. The first kappa shape index (κ1) is 13.9. The SMILES string of the molecule is CCCCOCC(O)CNCC(C)C1CC1. The lowest BCUT2D eigenvalue weighted by Gasteiger charge is -2.15. The minimum Gasteiger partial charge on any atom is -0.389 e. The lowest BCUT2D eigenvalue weighted by Crippen LogP contribution is -2.33. The summed E-state index contributed by atoms with van der Waals surface area (Å²) in [6.45, 7) is 7.34. The number of nitrogens with one attached hydrogen (secondary N) is 1. The third-order valence-corrected chi connectivity index (χ3v) is 3.23. The van der Waals surface area contributed by atoms with Gasteiger partial charge >= 0.3 is 0 Å². The van der Waals surface area contributed by atoms with Gasteiger partial charge in [-0.1, -0.05) is 20.3 Å². The summed E-state index contributed by atoms with van der Waals surface area (Å²) in [6.07, 6.45) is 4.66. The summed E-state index contributed by atoms with van der Waals surface area (Å²) in [4.78, 5) is 0. The van der Waals surface area contributed by atoms with Crippen molar-refractivity contribution >= 4 is 0 Å². The number of aliphatic hydroxyl groups is 1. The van der Waals surface area contributed by atoms with E-state index in [0.29, 0.717) is 13.2 Å². The van der Waals surface area contributed by atoms with E-state index in [4.69, 9.17) is 4.74 Å². The van der Waals surface area contributed by atoms with Crippen LogP contribution in [0.1, 0.15) is 39.5 Å². The van der Waals surface area contributed by atoms with Gasteiger partial charge in [0.1, 0.15) is 0 Å². The Labute approximate surface area is 99.6 Å². The second kappa shape index (κ2) is 8.04. The number of ether oxygens (including phenoxy) is 1. The maximum absolute atomic E-state index is 9.63. The summed E-state index contributed by atoms with van der Waals surface area (Å²) in [6, 6.07) is 0. The average molecular weight is 229 g/mol. The molecule has 1 saturated carbocycles. The van der Waals surface area contributed by atoms with Crippen LogP contribution in [0.4, 0.5) is 0 Å². The van der Waals surface area contributed by atoms with Crippen LogP contribution in [0.3, 0.4) is 0 Å². The molecule has 2 N–H and O–H groups in total. The van der Waals surface area contributed by atoms with Crippen LogP contribution >= 0.6 is 0 Å². The second-order valence-electron chi connectivity index (χ2n) is 5.06. The van der Waals surface area contributed by atoms with Gasteiger partial charge in [0.05, 0.1) is 12.7 Å². The number of hydrogen-bond acceptors (Lipinski definition) is 3. The molecule has 1 rings (SSSR count). The highest BCUT2D eigenvalue weighted by atomic mass is 16.5. The van der Waals surface area contributed by atoms with Crippen molar-refractivity contribution < 1.29 is 9.84 Å². The Morgan fingerprint density at radius 1 is 1.38 bits per heavy atom. The Morgan fingerprint density at radius 2 is 2.12 bits per heavy atom. The highest BCUT2D eigenvalue weighted by Crippen LogP contribution is 2.35. The van der Waals surface area contributed by atoms with Crippen molar-refractivity contribution in [3.63, 3.8) is 0 Å². The van der Waals surface area contributed by atoms with Crippen LogP contribution in [-0.4, -0.2) is 37.5 Å². The topological polar surface area (TPSA) is 41.5 Å². The zero-order chi connectivity index (χ0) is 11.8. The molecule has 0 radical (unpaired) electrons.